The van der Waals surface area contributed by atoms with E-state index >= 15 is 0 Å². The number of halogens is 1. The summed E-state index contributed by atoms with van der Waals surface area (Å²) in [6.07, 6.45) is 4.56. The van der Waals surface area contributed by atoms with Crippen molar-refractivity contribution >= 4 is 6.02 Å². The standard InChI is InChI=1S/C19H15FN4O/c20-17-7-6-15(8-16(17)13-9-22-12-23-10-13)19(11-25-18(21)24-19)14-4-2-1-3-5-14/h1-10,12H,11H2,(H2,21,24)/t19-/m0/s1. The lowest BCUT2D eigenvalue weighted by Crippen LogP contribution is -2.27. The van der Waals surface area contributed by atoms with Crippen molar-refractivity contribution in [2.75, 3.05) is 6.61 Å². The number of benzene rings is 2. The average molecular weight is 334 g/mol. The summed E-state index contributed by atoms with van der Waals surface area (Å²) in [5.74, 6) is -0.349. The van der Waals surface area contributed by atoms with Gasteiger partial charge in [0.05, 0.1) is 0 Å². The van der Waals surface area contributed by atoms with Gasteiger partial charge in [-0.25, -0.2) is 19.4 Å². The Balaban J connectivity index is 1.90. The number of ether oxygens (including phenoxy) is 1. The molecule has 4 rings (SSSR count). The molecule has 0 unspecified atom stereocenters. The molecule has 1 aliphatic rings. The monoisotopic (exact) mass is 334 g/mol. The van der Waals surface area contributed by atoms with Crippen LogP contribution in [0.4, 0.5) is 4.39 Å². The second-order valence-electron chi connectivity index (χ2n) is 5.79. The van der Waals surface area contributed by atoms with Crippen LogP contribution in [0.25, 0.3) is 11.1 Å². The zero-order chi connectivity index (χ0) is 17.3. The highest BCUT2D eigenvalue weighted by molar-refractivity contribution is 5.75. The highest BCUT2D eigenvalue weighted by atomic mass is 19.1. The number of aliphatic imine (C=N–C) groups is 1. The Morgan fingerprint density at radius 1 is 1.00 bits per heavy atom. The van der Waals surface area contributed by atoms with Crippen LogP contribution in [0.1, 0.15) is 11.1 Å². The first-order valence-electron chi connectivity index (χ1n) is 7.78. The molecule has 2 heterocycles. The molecule has 0 saturated heterocycles. The lowest BCUT2D eigenvalue weighted by Gasteiger charge is -2.26. The largest absolute Gasteiger partial charge is 0.462 e. The molecule has 0 fully saturated rings. The van der Waals surface area contributed by atoms with Crippen LogP contribution in [-0.2, 0) is 10.3 Å². The molecule has 0 bridgehead atoms. The Bertz CT molecular complexity index is 931. The van der Waals surface area contributed by atoms with E-state index in [1.54, 1.807) is 24.5 Å². The van der Waals surface area contributed by atoms with Crippen LogP contribution < -0.4 is 5.73 Å². The molecule has 2 aromatic carbocycles. The van der Waals surface area contributed by atoms with E-state index in [-0.39, 0.29) is 18.4 Å². The van der Waals surface area contributed by atoms with Crippen molar-refractivity contribution in [2.45, 2.75) is 5.54 Å². The van der Waals surface area contributed by atoms with Crippen molar-refractivity contribution in [3.05, 3.63) is 84.2 Å². The number of hydrogen-bond donors (Lipinski definition) is 1. The molecule has 1 aliphatic heterocycles. The average Bonchev–Trinajstić information content (AvgIpc) is 3.06. The summed E-state index contributed by atoms with van der Waals surface area (Å²) in [5, 5.41) is 0. The second kappa shape index (κ2) is 5.98. The first-order valence-corrected chi connectivity index (χ1v) is 7.78. The predicted molar refractivity (Wildman–Crippen MR) is 92.2 cm³/mol. The van der Waals surface area contributed by atoms with Gasteiger partial charge in [-0.3, -0.25) is 0 Å². The third kappa shape index (κ3) is 2.61. The Morgan fingerprint density at radius 3 is 2.44 bits per heavy atom. The van der Waals surface area contributed by atoms with E-state index in [1.807, 2.05) is 30.3 Å². The first-order chi connectivity index (χ1) is 12.2. The summed E-state index contributed by atoms with van der Waals surface area (Å²) >= 11 is 0. The van der Waals surface area contributed by atoms with Crippen LogP contribution in [0.5, 0.6) is 0 Å². The molecule has 3 aromatic rings. The summed E-state index contributed by atoms with van der Waals surface area (Å²) in [7, 11) is 0. The maximum absolute atomic E-state index is 14.4. The highest BCUT2D eigenvalue weighted by Gasteiger charge is 2.40. The van der Waals surface area contributed by atoms with E-state index in [4.69, 9.17) is 10.5 Å². The third-order valence-corrected chi connectivity index (χ3v) is 4.30. The van der Waals surface area contributed by atoms with E-state index in [0.29, 0.717) is 11.1 Å². The smallest absolute Gasteiger partial charge is 0.283 e. The molecule has 0 spiro atoms. The second-order valence-corrected chi connectivity index (χ2v) is 5.79. The number of hydrogen-bond acceptors (Lipinski definition) is 5. The minimum Gasteiger partial charge on any atom is -0.462 e. The molecule has 1 aromatic heterocycles. The number of nitrogens with two attached hydrogens (primary N) is 1. The van der Waals surface area contributed by atoms with Gasteiger partial charge in [0.25, 0.3) is 6.02 Å². The van der Waals surface area contributed by atoms with E-state index in [9.17, 15) is 4.39 Å². The van der Waals surface area contributed by atoms with Gasteiger partial charge in [-0.1, -0.05) is 36.4 Å². The summed E-state index contributed by atoms with van der Waals surface area (Å²) in [5.41, 5.74) is 7.72. The summed E-state index contributed by atoms with van der Waals surface area (Å²) in [4.78, 5) is 12.5. The maximum Gasteiger partial charge on any atom is 0.283 e. The van der Waals surface area contributed by atoms with Crippen molar-refractivity contribution in [3.8, 4) is 11.1 Å². The van der Waals surface area contributed by atoms with E-state index in [2.05, 4.69) is 15.0 Å². The zero-order valence-corrected chi connectivity index (χ0v) is 13.3. The summed E-state index contributed by atoms with van der Waals surface area (Å²) < 4.78 is 19.9. The normalized spacial score (nSPS) is 19.3. The Hall–Kier alpha value is -3.28. The molecule has 6 heteroatoms. The van der Waals surface area contributed by atoms with Gasteiger partial charge in [-0.15, -0.1) is 0 Å². The fraction of sp³-hybridized carbons (Fsp3) is 0.105. The fourth-order valence-electron chi connectivity index (χ4n) is 3.05. The van der Waals surface area contributed by atoms with E-state index in [1.165, 1.54) is 12.4 Å². The number of rotatable bonds is 3. The van der Waals surface area contributed by atoms with Crippen molar-refractivity contribution in [3.63, 3.8) is 0 Å². The maximum atomic E-state index is 14.4. The van der Waals surface area contributed by atoms with Crippen LogP contribution in [0.3, 0.4) is 0 Å². The zero-order valence-electron chi connectivity index (χ0n) is 13.3. The molecule has 0 saturated carbocycles. The van der Waals surface area contributed by atoms with E-state index < -0.39 is 5.54 Å². The van der Waals surface area contributed by atoms with Crippen LogP contribution >= 0.6 is 0 Å². The third-order valence-electron chi connectivity index (χ3n) is 4.30. The minimum absolute atomic E-state index is 0.123. The lowest BCUT2D eigenvalue weighted by molar-refractivity contribution is 0.278. The van der Waals surface area contributed by atoms with Gasteiger partial charge in [0, 0.05) is 23.5 Å². The van der Waals surface area contributed by atoms with Gasteiger partial charge in [-0.2, -0.15) is 0 Å². The van der Waals surface area contributed by atoms with Gasteiger partial charge in [0.15, 0.2) is 5.54 Å². The number of amidine groups is 1. The van der Waals surface area contributed by atoms with Crippen LogP contribution in [-0.4, -0.2) is 22.6 Å². The van der Waals surface area contributed by atoms with Crippen LogP contribution in [0, 0.1) is 5.82 Å². The molecule has 1 atom stereocenters. The Labute approximate surface area is 144 Å². The molecular weight excluding hydrogens is 319 g/mol. The van der Waals surface area contributed by atoms with Gasteiger partial charge >= 0.3 is 0 Å². The molecule has 0 radical (unpaired) electrons. The molecular formula is C19H15FN4O. The Kier molecular flexibility index (Phi) is 3.65. The van der Waals surface area contributed by atoms with E-state index in [0.717, 1.165) is 11.1 Å². The van der Waals surface area contributed by atoms with Crippen molar-refractivity contribution in [2.24, 2.45) is 10.7 Å². The minimum atomic E-state index is -0.802. The molecule has 0 amide bonds. The lowest BCUT2D eigenvalue weighted by atomic mass is 9.83. The quantitative estimate of drug-likeness (QED) is 0.799. The Morgan fingerprint density at radius 2 is 1.76 bits per heavy atom. The van der Waals surface area contributed by atoms with Crippen LogP contribution in [0.2, 0.25) is 0 Å². The molecule has 5 nitrogen and oxygen atoms in total. The van der Waals surface area contributed by atoms with Crippen LogP contribution in [0.15, 0.2) is 72.2 Å². The predicted octanol–water partition coefficient (Wildman–Crippen LogP) is 2.87. The number of nitrogens with zero attached hydrogens (tertiary/aromatic N) is 3. The van der Waals surface area contributed by atoms with Gasteiger partial charge < -0.3 is 10.5 Å². The molecule has 0 aliphatic carbocycles. The molecule has 2 N–H and O–H groups in total. The van der Waals surface area contributed by atoms with Crippen molar-refractivity contribution in [1.82, 2.24) is 9.97 Å². The molecule has 124 valence electrons. The topological polar surface area (TPSA) is 73.4 Å². The fourth-order valence-corrected chi connectivity index (χ4v) is 3.05. The SMILES string of the molecule is NC1=N[C@@](c2ccccc2)(c2ccc(F)c(-c3cncnc3)c2)CO1. The summed E-state index contributed by atoms with van der Waals surface area (Å²) in [6, 6.07) is 14.7. The highest BCUT2D eigenvalue weighted by Crippen LogP contribution is 2.39. The first kappa shape index (κ1) is 15.3. The van der Waals surface area contributed by atoms with Crippen molar-refractivity contribution in [1.29, 1.82) is 0 Å². The van der Waals surface area contributed by atoms with Gasteiger partial charge in [-0.05, 0) is 23.3 Å². The summed E-state index contributed by atoms with van der Waals surface area (Å²) in [6.45, 7) is 0.263. The number of aromatic nitrogens is 2. The van der Waals surface area contributed by atoms with Crippen molar-refractivity contribution < 1.29 is 9.13 Å². The van der Waals surface area contributed by atoms with Gasteiger partial charge in [0.1, 0.15) is 18.8 Å². The molecule has 25 heavy (non-hydrogen) atoms. The van der Waals surface area contributed by atoms with Gasteiger partial charge in [0.2, 0.25) is 0 Å².